The molecule has 0 aromatic carbocycles. The maximum Gasteiger partial charge on any atom is 0.140 e. The average Bonchev–Trinajstić information content (AvgIpc) is 2.79. The Balaban J connectivity index is 2.51. The van der Waals surface area contributed by atoms with Crippen molar-refractivity contribution in [1.82, 2.24) is 9.97 Å². The predicted molar refractivity (Wildman–Crippen MR) is 55.9 cm³/mol. The van der Waals surface area contributed by atoms with Crippen LogP contribution in [0.15, 0.2) is 0 Å². The van der Waals surface area contributed by atoms with E-state index in [1.165, 1.54) is 12.8 Å². The van der Waals surface area contributed by atoms with Crippen molar-refractivity contribution in [2.45, 2.75) is 25.7 Å². The number of aromatic nitrogens is 2. The summed E-state index contributed by atoms with van der Waals surface area (Å²) in [4.78, 5) is 8.50. The van der Waals surface area contributed by atoms with Gasteiger partial charge in [0.05, 0.1) is 9.26 Å². The smallest absolute Gasteiger partial charge is 0.140 e. The molecule has 2 N–H and O–H groups in total. The first-order chi connectivity index (χ1) is 5.68. The van der Waals surface area contributed by atoms with Crippen LogP contribution >= 0.6 is 22.6 Å². The van der Waals surface area contributed by atoms with Crippen LogP contribution in [0.1, 0.15) is 30.3 Å². The van der Waals surface area contributed by atoms with Gasteiger partial charge in [0.15, 0.2) is 0 Å². The van der Waals surface area contributed by atoms with Gasteiger partial charge in [0.1, 0.15) is 11.6 Å². The van der Waals surface area contributed by atoms with Gasteiger partial charge in [-0.25, -0.2) is 9.97 Å². The summed E-state index contributed by atoms with van der Waals surface area (Å²) >= 11 is 2.23. The Bertz CT molecular complexity index is 320. The fraction of sp³-hybridized carbons (Fsp3) is 0.500. The molecule has 0 bridgehead atoms. The third kappa shape index (κ3) is 1.39. The summed E-state index contributed by atoms with van der Waals surface area (Å²) in [7, 11) is 0. The van der Waals surface area contributed by atoms with Crippen LogP contribution in [0, 0.1) is 10.5 Å². The molecular formula is C8H10IN3. The summed E-state index contributed by atoms with van der Waals surface area (Å²) < 4.78 is 1.04. The minimum Gasteiger partial charge on any atom is -0.383 e. The molecule has 0 amide bonds. The molecule has 2 rings (SSSR count). The van der Waals surface area contributed by atoms with E-state index in [1.807, 2.05) is 6.92 Å². The molecule has 1 fully saturated rings. The minimum atomic E-state index is 0.630. The van der Waals surface area contributed by atoms with Crippen LogP contribution in [0.2, 0.25) is 0 Å². The number of aryl methyl sites for hydroxylation is 1. The molecule has 0 atom stereocenters. The Hall–Kier alpha value is -0.390. The molecule has 1 aromatic heterocycles. The molecule has 0 unspecified atom stereocenters. The zero-order valence-electron chi connectivity index (χ0n) is 6.84. The highest BCUT2D eigenvalue weighted by atomic mass is 127. The number of hydrogen-bond acceptors (Lipinski definition) is 3. The van der Waals surface area contributed by atoms with E-state index in [0.29, 0.717) is 11.7 Å². The van der Waals surface area contributed by atoms with E-state index >= 15 is 0 Å². The fourth-order valence-electron chi connectivity index (χ4n) is 1.23. The molecule has 1 saturated carbocycles. The van der Waals surface area contributed by atoms with E-state index in [-0.39, 0.29) is 0 Å². The summed E-state index contributed by atoms with van der Waals surface area (Å²) in [5.41, 5.74) is 6.88. The van der Waals surface area contributed by atoms with E-state index in [4.69, 9.17) is 5.73 Å². The highest BCUT2D eigenvalue weighted by molar-refractivity contribution is 14.1. The van der Waals surface area contributed by atoms with E-state index in [0.717, 1.165) is 15.1 Å². The third-order valence-electron chi connectivity index (χ3n) is 1.98. The maximum absolute atomic E-state index is 5.73. The van der Waals surface area contributed by atoms with Crippen molar-refractivity contribution in [2.24, 2.45) is 0 Å². The first-order valence-corrected chi connectivity index (χ1v) is 5.06. The minimum absolute atomic E-state index is 0.630. The zero-order valence-corrected chi connectivity index (χ0v) is 9.00. The summed E-state index contributed by atoms with van der Waals surface area (Å²) in [5, 5.41) is 0. The largest absolute Gasteiger partial charge is 0.383 e. The lowest BCUT2D eigenvalue weighted by molar-refractivity contribution is 0.933. The highest BCUT2D eigenvalue weighted by Crippen LogP contribution is 2.41. The van der Waals surface area contributed by atoms with E-state index in [1.54, 1.807) is 0 Å². The molecule has 4 heteroatoms. The molecule has 0 aliphatic heterocycles. The lowest BCUT2D eigenvalue weighted by Crippen LogP contribution is -2.03. The quantitative estimate of drug-likeness (QED) is 0.796. The number of hydrogen-bond donors (Lipinski definition) is 1. The van der Waals surface area contributed by atoms with Gasteiger partial charge in [0, 0.05) is 5.92 Å². The molecule has 0 saturated heterocycles. The van der Waals surface area contributed by atoms with E-state index < -0.39 is 0 Å². The molecule has 1 aromatic rings. The Morgan fingerprint density at radius 3 is 2.67 bits per heavy atom. The zero-order chi connectivity index (χ0) is 8.72. The van der Waals surface area contributed by atoms with Crippen LogP contribution in [0.4, 0.5) is 5.82 Å². The van der Waals surface area contributed by atoms with Gasteiger partial charge >= 0.3 is 0 Å². The van der Waals surface area contributed by atoms with Crippen molar-refractivity contribution >= 4 is 28.4 Å². The second kappa shape index (κ2) is 2.83. The standard InChI is InChI=1S/C8H10IN3/c1-4-11-7(5-2-3-5)6(9)8(10)12-4/h5H,2-3H2,1H3,(H2,10,11,12). The summed E-state index contributed by atoms with van der Waals surface area (Å²) in [5.74, 6) is 2.07. The van der Waals surface area contributed by atoms with Gasteiger partial charge in [-0.05, 0) is 42.4 Å². The van der Waals surface area contributed by atoms with Crippen LogP contribution in [-0.4, -0.2) is 9.97 Å². The number of rotatable bonds is 1. The highest BCUT2D eigenvalue weighted by Gasteiger charge is 2.28. The summed E-state index contributed by atoms with van der Waals surface area (Å²) in [6.07, 6.45) is 2.51. The van der Waals surface area contributed by atoms with Gasteiger partial charge in [-0.2, -0.15) is 0 Å². The van der Waals surface area contributed by atoms with Crippen LogP contribution in [0.3, 0.4) is 0 Å². The molecule has 0 radical (unpaired) electrons. The Labute approximate surface area is 84.9 Å². The molecule has 3 nitrogen and oxygen atoms in total. The van der Waals surface area contributed by atoms with Gasteiger partial charge in [0.25, 0.3) is 0 Å². The second-order valence-corrected chi connectivity index (χ2v) is 4.21. The molecular weight excluding hydrogens is 265 g/mol. The summed E-state index contributed by atoms with van der Waals surface area (Å²) in [6, 6.07) is 0. The number of anilines is 1. The number of nitrogens with two attached hydrogens (primary N) is 1. The lowest BCUT2D eigenvalue weighted by atomic mass is 10.3. The van der Waals surface area contributed by atoms with Crippen LogP contribution in [-0.2, 0) is 0 Å². The van der Waals surface area contributed by atoms with E-state index in [2.05, 4.69) is 32.6 Å². The van der Waals surface area contributed by atoms with Gasteiger partial charge in [-0.15, -0.1) is 0 Å². The van der Waals surface area contributed by atoms with Crippen LogP contribution in [0.25, 0.3) is 0 Å². The average molecular weight is 275 g/mol. The molecule has 12 heavy (non-hydrogen) atoms. The van der Waals surface area contributed by atoms with Crippen molar-refractivity contribution in [3.05, 3.63) is 15.1 Å². The Morgan fingerprint density at radius 1 is 1.42 bits per heavy atom. The molecule has 1 heterocycles. The number of nitrogen functional groups attached to an aromatic ring is 1. The fourth-order valence-corrected chi connectivity index (χ4v) is 1.91. The van der Waals surface area contributed by atoms with Crippen LogP contribution in [0.5, 0.6) is 0 Å². The normalized spacial score (nSPS) is 16.5. The van der Waals surface area contributed by atoms with E-state index in [9.17, 15) is 0 Å². The third-order valence-corrected chi connectivity index (χ3v) is 3.08. The Kier molecular flexibility index (Phi) is 1.94. The first kappa shape index (κ1) is 8.22. The number of nitrogens with zero attached hydrogens (tertiary/aromatic N) is 2. The number of halogens is 1. The maximum atomic E-state index is 5.73. The molecule has 64 valence electrons. The van der Waals surface area contributed by atoms with Gasteiger partial charge in [-0.3, -0.25) is 0 Å². The second-order valence-electron chi connectivity index (χ2n) is 3.13. The first-order valence-electron chi connectivity index (χ1n) is 3.98. The van der Waals surface area contributed by atoms with Crippen molar-refractivity contribution in [3.63, 3.8) is 0 Å². The van der Waals surface area contributed by atoms with Gasteiger partial charge < -0.3 is 5.73 Å². The SMILES string of the molecule is Cc1nc(N)c(I)c(C2CC2)n1. The summed E-state index contributed by atoms with van der Waals surface area (Å²) in [6.45, 7) is 1.89. The molecule has 1 aliphatic rings. The molecule has 1 aliphatic carbocycles. The molecule has 0 spiro atoms. The van der Waals surface area contributed by atoms with Crippen molar-refractivity contribution in [2.75, 3.05) is 5.73 Å². The van der Waals surface area contributed by atoms with Crippen molar-refractivity contribution in [3.8, 4) is 0 Å². The predicted octanol–water partition coefficient (Wildman–Crippen LogP) is 1.85. The van der Waals surface area contributed by atoms with Crippen molar-refractivity contribution in [1.29, 1.82) is 0 Å². The van der Waals surface area contributed by atoms with Gasteiger partial charge in [0.2, 0.25) is 0 Å². The topological polar surface area (TPSA) is 51.8 Å². The monoisotopic (exact) mass is 275 g/mol. The van der Waals surface area contributed by atoms with Crippen molar-refractivity contribution < 1.29 is 0 Å². The Morgan fingerprint density at radius 2 is 2.08 bits per heavy atom. The lowest BCUT2D eigenvalue weighted by Gasteiger charge is -2.04. The van der Waals surface area contributed by atoms with Crippen LogP contribution < -0.4 is 5.73 Å². The van der Waals surface area contributed by atoms with Gasteiger partial charge in [-0.1, -0.05) is 0 Å².